The number of methoxy groups -OCH3 is 1. The molecule has 0 spiro atoms. The van der Waals surface area contributed by atoms with E-state index < -0.39 is 17.9 Å². The Balaban J connectivity index is 4.26. The third kappa shape index (κ3) is 3.89. The first-order chi connectivity index (χ1) is 6.02. The maximum Gasteiger partial charge on any atom is 0.342 e. The summed E-state index contributed by atoms with van der Waals surface area (Å²) in [4.78, 5) is 25.2. The topological polar surface area (TPSA) is 72.8 Å². The van der Waals surface area contributed by atoms with E-state index in [1.165, 1.54) is 7.11 Å². The standard InChI is InChI=1S/C8H14O5/c1-5(2)6(8(10)12-3)4-7(9)13-11/h5-6,11H,4H2,1-3H3. The summed E-state index contributed by atoms with van der Waals surface area (Å²) in [5.74, 6) is -1.90. The average molecular weight is 190 g/mol. The Bertz CT molecular complexity index is 187. The largest absolute Gasteiger partial charge is 0.469 e. The maximum absolute atomic E-state index is 11.1. The maximum atomic E-state index is 11.1. The highest BCUT2D eigenvalue weighted by molar-refractivity contribution is 5.79. The molecule has 13 heavy (non-hydrogen) atoms. The van der Waals surface area contributed by atoms with Crippen LogP contribution >= 0.6 is 0 Å². The molecule has 76 valence electrons. The second-order valence-corrected chi connectivity index (χ2v) is 3.04. The average Bonchev–Trinajstić information content (AvgIpc) is 2.11. The van der Waals surface area contributed by atoms with Crippen molar-refractivity contribution in [1.29, 1.82) is 0 Å². The van der Waals surface area contributed by atoms with Crippen molar-refractivity contribution in [2.45, 2.75) is 20.3 Å². The summed E-state index contributed by atoms with van der Waals surface area (Å²) in [6, 6.07) is 0. The molecule has 0 fully saturated rings. The van der Waals surface area contributed by atoms with E-state index in [-0.39, 0.29) is 12.3 Å². The van der Waals surface area contributed by atoms with Crippen LogP contribution in [0.25, 0.3) is 0 Å². The summed E-state index contributed by atoms with van der Waals surface area (Å²) in [6.45, 7) is 3.57. The van der Waals surface area contributed by atoms with Crippen LogP contribution in [0.1, 0.15) is 20.3 Å². The predicted octanol–water partition coefficient (Wildman–Crippen LogP) is 0.838. The molecule has 1 N–H and O–H groups in total. The van der Waals surface area contributed by atoms with Gasteiger partial charge in [-0.05, 0) is 5.92 Å². The van der Waals surface area contributed by atoms with E-state index in [0.717, 1.165) is 0 Å². The summed E-state index contributed by atoms with van der Waals surface area (Å²) in [7, 11) is 1.25. The lowest BCUT2D eigenvalue weighted by molar-refractivity contribution is -0.235. The molecule has 0 saturated carbocycles. The monoisotopic (exact) mass is 190 g/mol. The summed E-state index contributed by atoms with van der Waals surface area (Å²) in [5.41, 5.74) is 0. The van der Waals surface area contributed by atoms with E-state index in [1.54, 1.807) is 13.8 Å². The van der Waals surface area contributed by atoms with E-state index in [0.29, 0.717) is 0 Å². The fourth-order valence-corrected chi connectivity index (χ4v) is 0.959. The third-order valence-corrected chi connectivity index (χ3v) is 1.80. The van der Waals surface area contributed by atoms with Crippen molar-refractivity contribution >= 4 is 11.9 Å². The van der Waals surface area contributed by atoms with Gasteiger partial charge in [-0.1, -0.05) is 13.8 Å². The van der Waals surface area contributed by atoms with Gasteiger partial charge in [-0.2, -0.15) is 5.26 Å². The highest BCUT2D eigenvalue weighted by Gasteiger charge is 2.26. The van der Waals surface area contributed by atoms with Crippen molar-refractivity contribution in [1.82, 2.24) is 0 Å². The SMILES string of the molecule is COC(=O)C(CC(=O)OO)C(C)C. The van der Waals surface area contributed by atoms with Gasteiger partial charge in [0, 0.05) is 0 Å². The summed E-state index contributed by atoms with van der Waals surface area (Å²) >= 11 is 0. The highest BCUT2D eigenvalue weighted by atomic mass is 17.1. The van der Waals surface area contributed by atoms with Gasteiger partial charge < -0.3 is 9.62 Å². The van der Waals surface area contributed by atoms with Crippen molar-refractivity contribution in [3.8, 4) is 0 Å². The predicted molar refractivity (Wildman–Crippen MR) is 43.7 cm³/mol. The van der Waals surface area contributed by atoms with Crippen molar-refractivity contribution in [2.24, 2.45) is 11.8 Å². The summed E-state index contributed by atoms with van der Waals surface area (Å²) in [6.07, 6.45) is -0.166. The normalized spacial score (nSPS) is 12.4. The molecule has 0 aliphatic rings. The lowest BCUT2D eigenvalue weighted by Crippen LogP contribution is -2.25. The zero-order valence-electron chi connectivity index (χ0n) is 7.94. The van der Waals surface area contributed by atoms with E-state index >= 15 is 0 Å². The molecule has 1 atom stereocenters. The van der Waals surface area contributed by atoms with Crippen molar-refractivity contribution < 1.29 is 24.5 Å². The molecule has 1 unspecified atom stereocenters. The Morgan fingerprint density at radius 1 is 1.38 bits per heavy atom. The first kappa shape index (κ1) is 11.9. The molecule has 5 nitrogen and oxygen atoms in total. The van der Waals surface area contributed by atoms with Gasteiger partial charge in [-0.15, -0.1) is 0 Å². The molecule has 0 amide bonds. The Morgan fingerprint density at radius 3 is 2.23 bits per heavy atom. The minimum atomic E-state index is -0.830. The number of hydrogen-bond donors (Lipinski definition) is 1. The summed E-state index contributed by atoms with van der Waals surface area (Å²) < 4.78 is 4.49. The molecule has 5 heteroatoms. The quantitative estimate of drug-likeness (QED) is 0.404. The van der Waals surface area contributed by atoms with Gasteiger partial charge in [0.2, 0.25) is 0 Å². The Hall–Kier alpha value is -1.10. The molecule has 0 aliphatic heterocycles. The van der Waals surface area contributed by atoms with Crippen LogP contribution in [-0.2, 0) is 19.2 Å². The van der Waals surface area contributed by atoms with Gasteiger partial charge in [0.05, 0.1) is 19.4 Å². The van der Waals surface area contributed by atoms with Crippen LogP contribution in [-0.4, -0.2) is 24.3 Å². The van der Waals surface area contributed by atoms with Crippen LogP contribution in [0.3, 0.4) is 0 Å². The van der Waals surface area contributed by atoms with Crippen LogP contribution in [0, 0.1) is 11.8 Å². The van der Waals surface area contributed by atoms with Gasteiger partial charge >= 0.3 is 11.9 Å². The molecule has 0 saturated heterocycles. The second-order valence-electron chi connectivity index (χ2n) is 3.04. The first-order valence-electron chi connectivity index (χ1n) is 3.95. The number of carbonyl (C=O) groups is 2. The van der Waals surface area contributed by atoms with Crippen LogP contribution in [0.15, 0.2) is 0 Å². The van der Waals surface area contributed by atoms with E-state index in [9.17, 15) is 9.59 Å². The molecule has 0 rings (SSSR count). The van der Waals surface area contributed by atoms with Crippen LogP contribution in [0.4, 0.5) is 0 Å². The Labute approximate surface area is 76.6 Å². The van der Waals surface area contributed by atoms with Crippen LogP contribution in [0.2, 0.25) is 0 Å². The van der Waals surface area contributed by atoms with E-state index in [4.69, 9.17) is 5.26 Å². The zero-order valence-corrected chi connectivity index (χ0v) is 7.94. The first-order valence-corrected chi connectivity index (χ1v) is 3.95. The minimum Gasteiger partial charge on any atom is -0.469 e. The molecule has 0 bridgehead atoms. The van der Waals surface area contributed by atoms with E-state index in [1.807, 2.05) is 0 Å². The molecule has 0 radical (unpaired) electrons. The highest BCUT2D eigenvalue weighted by Crippen LogP contribution is 2.17. The summed E-state index contributed by atoms with van der Waals surface area (Å²) in [5, 5.41) is 8.02. The molecule has 0 aliphatic carbocycles. The van der Waals surface area contributed by atoms with Gasteiger partial charge in [-0.25, -0.2) is 4.79 Å². The molecule has 0 heterocycles. The lowest BCUT2D eigenvalue weighted by atomic mass is 9.93. The van der Waals surface area contributed by atoms with Crippen molar-refractivity contribution in [3.05, 3.63) is 0 Å². The fraction of sp³-hybridized carbons (Fsp3) is 0.750. The Morgan fingerprint density at radius 2 is 1.92 bits per heavy atom. The minimum absolute atomic E-state index is 0.0356. The molecule has 0 aromatic rings. The number of carbonyl (C=O) groups excluding carboxylic acids is 2. The molecule has 0 aromatic heterocycles. The zero-order chi connectivity index (χ0) is 10.4. The van der Waals surface area contributed by atoms with Crippen LogP contribution < -0.4 is 0 Å². The van der Waals surface area contributed by atoms with Crippen molar-refractivity contribution in [2.75, 3.05) is 7.11 Å². The number of ether oxygens (including phenoxy) is 1. The third-order valence-electron chi connectivity index (χ3n) is 1.80. The smallest absolute Gasteiger partial charge is 0.342 e. The van der Waals surface area contributed by atoms with Gasteiger partial charge in [-0.3, -0.25) is 4.79 Å². The van der Waals surface area contributed by atoms with E-state index in [2.05, 4.69) is 9.62 Å². The molecule has 0 aromatic carbocycles. The van der Waals surface area contributed by atoms with Crippen molar-refractivity contribution in [3.63, 3.8) is 0 Å². The Kier molecular flexibility index (Phi) is 5.06. The molecular formula is C8H14O5. The second kappa shape index (κ2) is 5.53. The lowest BCUT2D eigenvalue weighted by Gasteiger charge is -2.15. The van der Waals surface area contributed by atoms with Crippen LogP contribution in [0.5, 0.6) is 0 Å². The van der Waals surface area contributed by atoms with Gasteiger partial charge in [0.15, 0.2) is 0 Å². The fourth-order valence-electron chi connectivity index (χ4n) is 0.959. The molecular weight excluding hydrogens is 176 g/mol. The number of hydrogen-bond acceptors (Lipinski definition) is 5. The van der Waals surface area contributed by atoms with Gasteiger partial charge in [0.25, 0.3) is 0 Å². The van der Waals surface area contributed by atoms with Gasteiger partial charge in [0.1, 0.15) is 0 Å². The number of esters is 1. The number of rotatable bonds is 4.